The van der Waals surface area contributed by atoms with Crippen LogP contribution in [0.4, 0.5) is 0 Å². The summed E-state index contributed by atoms with van der Waals surface area (Å²) in [6.07, 6.45) is 0. The molecule has 2 N–H and O–H groups in total. The van der Waals surface area contributed by atoms with Crippen LogP contribution in [-0.2, 0) is 6.54 Å². The predicted octanol–water partition coefficient (Wildman–Crippen LogP) is 2.64. The molecule has 0 saturated carbocycles. The average molecular weight is 367 g/mol. The summed E-state index contributed by atoms with van der Waals surface area (Å²) >= 11 is 8.62. The molecule has 0 aliphatic rings. The van der Waals surface area contributed by atoms with Gasteiger partial charge >= 0.3 is 0 Å². The van der Waals surface area contributed by atoms with Crippen molar-refractivity contribution in [2.24, 2.45) is 0 Å². The van der Waals surface area contributed by atoms with Crippen molar-refractivity contribution in [3.05, 3.63) is 25.0 Å². The van der Waals surface area contributed by atoms with Crippen molar-refractivity contribution in [1.82, 2.24) is 25.9 Å². The molecule has 0 aliphatic carbocycles. The third-order valence-corrected chi connectivity index (χ3v) is 5.28. The standard InChI is InChI=1S/C8H9Br2N5S/c1-4(8-12-14-15-13-8)11-3-5-2-6(9)7(10)16-5/h2,4,11H,3H2,1H3,(H,12,13,14,15). The minimum atomic E-state index is 0.0819. The monoisotopic (exact) mass is 365 g/mol. The zero-order chi connectivity index (χ0) is 11.5. The van der Waals surface area contributed by atoms with E-state index in [0.717, 1.165) is 14.8 Å². The van der Waals surface area contributed by atoms with E-state index in [1.807, 2.05) is 6.92 Å². The van der Waals surface area contributed by atoms with Gasteiger partial charge in [0.15, 0.2) is 5.82 Å². The molecule has 1 unspecified atom stereocenters. The normalized spacial score (nSPS) is 12.9. The fraction of sp³-hybridized carbons (Fsp3) is 0.375. The highest BCUT2D eigenvalue weighted by Gasteiger charge is 2.10. The SMILES string of the molecule is CC(NCc1cc(Br)c(Br)s1)c1nn[nH]n1. The topological polar surface area (TPSA) is 66.5 Å². The molecule has 2 aromatic heterocycles. The maximum atomic E-state index is 3.93. The summed E-state index contributed by atoms with van der Waals surface area (Å²) in [5.41, 5.74) is 0. The Morgan fingerprint density at radius 1 is 1.56 bits per heavy atom. The fourth-order valence-corrected chi connectivity index (χ4v) is 3.30. The summed E-state index contributed by atoms with van der Waals surface area (Å²) in [5, 5.41) is 17.1. The lowest BCUT2D eigenvalue weighted by atomic mass is 10.3. The molecule has 0 spiro atoms. The average Bonchev–Trinajstić information content (AvgIpc) is 2.86. The van der Waals surface area contributed by atoms with Gasteiger partial charge in [-0.2, -0.15) is 5.21 Å². The smallest absolute Gasteiger partial charge is 0.191 e. The Hall–Kier alpha value is -0.310. The first-order chi connectivity index (χ1) is 7.66. The van der Waals surface area contributed by atoms with Crippen LogP contribution in [0.3, 0.4) is 0 Å². The van der Waals surface area contributed by atoms with Gasteiger partial charge in [-0.3, -0.25) is 0 Å². The summed E-state index contributed by atoms with van der Waals surface area (Å²) in [6.45, 7) is 2.78. The van der Waals surface area contributed by atoms with E-state index in [4.69, 9.17) is 0 Å². The molecule has 8 heteroatoms. The van der Waals surface area contributed by atoms with E-state index in [0.29, 0.717) is 5.82 Å². The molecule has 86 valence electrons. The predicted molar refractivity (Wildman–Crippen MR) is 69.2 cm³/mol. The maximum Gasteiger partial charge on any atom is 0.191 e. The van der Waals surface area contributed by atoms with Crippen LogP contribution < -0.4 is 5.32 Å². The number of rotatable bonds is 4. The number of halogens is 2. The molecule has 0 radical (unpaired) electrons. The van der Waals surface area contributed by atoms with Crippen molar-refractivity contribution >= 4 is 43.2 Å². The number of aromatic amines is 1. The molecule has 5 nitrogen and oxygen atoms in total. The van der Waals surface area contributed by atoms with Crippen LogP contribution >= 0.6 is 43.2 Å². The van der Waals surface area contributed by atoms with Crippen molar-refractivity contribution in [3.63, 3.8) is 0 Å². The molecule has 2 rings (SSSR count). The number of nitrogens with one attached hydrogen (secondary N) is 2. The second-order valence-corrected chi connectivity index (χ2v) is 6.52. The lowest BCUT2D eigenvalue weighted by Crippen LogP contribution is -2.18. The minimum absolute atomic E-state index is 0.0819. The number of hydrogen-bond acceptors (Lipinski definition) is 5. The Bertz CT molecular complexity index is 435. The van der Waals surface area contributed by atoms with Gasteiger partial charge in [0, 0.05) is 15.9 Å². The Balaban J connectivity index is 1.92. The molecule has 2 heterocycles. The summed E-state index contributed by atoms with van der Waals surface area (Å²) in [6, 6.07) is 2.17. The molecule has 16 heavy (non-hydrogen) atoms. The molecule has 0 bridgehead atoms. The molecular weight excluding hydrogens is 358 g/mol. The number of nitrogens with zero attached hydrogens (tertiary/aromatic N) is 3. The van der Waals surface area contributed by atoms with Crippen molar-refractivity contribution in [3.8, 4) is 0 Å². The van der Waals surface area contributed by atoms with E-state index in [9.17, 15) is 0 Å². The van der Waals surface area contributed by atoms with Gasteiger partial charge < -0.3 is 5.32 Å². The van der Waals surface area contributed by atoms with Crippen LogP contribution in [0.25, 0.3) is 0 Å². The summed E-state index contributed by atoms with van der Waals surface area (Å²) in [4.78, 5) is 1.24. The zero-order valence-electron chi connectivity index (χ0n) is 8.37. The van der Waals surface area contributed by atoms with Crippen molar-refractivity contribution in [2.75, 3.05) is 0 Å². The molecule has 0 fully saturated rings. The highest BCUT2D eigenvalue weighted by molar-refractivity contribution is 9.13. The molecule has 0 aromatic carbocycles. The van der Waals surface area contributed by atoms with Crippen LogP contribution in [0.1, 0.15) is 23.7 Å². The summed E-state index contributed by atoms with van der Waals surface area (Å²) in [7, 11) is 0. The van der Waals surface area contributed by atoms with Gasteiger partial charge in [-0.15, -0.1) is 21.5 Å². The van der Waals surface area contributed by atoms with Gasteiger partial charge in [-0.1, -0.05) is 5.21 Å². The quantitative estimate of drug-likeness (QED) is 0.872. The fourth-order valence-electron chi connectivity index (χ4n) is 1.18. The van der Waals surface area contributed by atoms with E-state index in [-0.39, 0.29) is 6.04 Å². The van der Waals surface area contributed by atoms with Gasteiger partial charge in [0.05, 0.1) is 9.83 Å². The number of H-pyrrole nitrogens is 1. The van der Waals surface area contributed by atoms with Gasteiger partial charge in [0.2, 0.25) is 0 Å². The van der Waals surface area contributed by atoms with Crippen LogP contribution in [0, 0.1) is 0 Å². The van der Waals surface area contributed by atoms with E-state index in [1.165, 1.54) is 4.88 Å². The van der Waals surface area contributed by atoms with Gasteiger partial charge in [0.1, 0.15) is 0 Å². The molecular formula is C8H9Br2N5S. The lowest BCUT2D eigenvalue weighted by Gasteiger charge is -2.07. The molecule has 2 aromatic rings. The molecule has 0 saturated heterocycles. The Morgan fingerprint density at radius 3 is 2.94 bits per heavy atom. The van der Waals surface area contributed by atoms with E-state index in [1.54, 1.807) is 11.3 Å². The van der Waals surface area contributed by atoms with Crippen molar-refractivity contribution < 1.29 is 0 Å². The van der Waals surface area contributed by atoms with Crippen LogP contribution in [-0.4, -0.2) is 20.6 Å². The minimum Gasteiger partial charge on any atom is -0.302 e. The number of thiophene rings is 1. The van der Waals surface area contributed by atoms with E-state index < -0.39 is 0 Å². The first kappa shape index (κ1) is 12.2. The molecule has 0 amide bonds. The van der Waals surface area contributed by atoms with Crippen LogP contribution in [0.5, 0.6) is 0 Å². The van der Waals surface area contributed by atoms with Crippen LogP contribution in [0.15, 0.2) is 14.3 Å². The van der Waals surface area contributed by atoms with Crippen LogP contribution in [0.2, 0.25) is 0 Å². The van der Waals surface area contributed by atoms with Crippen molar-refractivity contribution in [1.29, 1.82) is 0 Å². The lowest BCUT2D eigenvalue weighted by molar-refractivity contribution is 0.550. The third-order valence-electron chi connectivity index (χ3n) is 2.03. The maximum absolute atomic E-state index is 3.93. The first-order valence-corrected chi connectivity index (χ1v) is 6.97. The molecule has 0 aliphatic heterocycles. The highest BCUT2D eigenvalue weighted by Crippen LogP contribution is 2.32. The van der Waals surface area contributed by atoms with E-state index in [2.05, 4.69) is 63.9 Å². The second kappa shape index (κ2) is 5.35. The molecule has 1 atom stereocenters. The van der Waals surface area contributed by atoms with Gasteiger partial charge in [-0.25, -0.2) is 0 Å². The third kappa shape index (κ3) is 2.88. The van der Waals surface area contributed by atoms with Crippen molar-refractivity contribution in [2.45, 2.75) is 19.5 Å². The van der Waals surface area contributed by atoms with E-state index >= 15 is 0 Å². The first-order valence-electron chi connectivity index (χ1n) is 4.57. The largest absolute Gasteiger partial charge is 0.302 e. The zero-order valence-corrected chi connectivity index (χ0v) is 12.4. The number of hydrogen-bond donors (Lipinski definition) is 2. The Labute approximate surface area is 113 Å². The number of tetrazole rings is 1. The summed E-state index contributed by atoms with van der Waals surface area (Å²) < 4.78 is 2.19. The van der Waals surface area contributed by atoms with Gasteiger partial charge in [0.25, 0.3) is 0 Å². The Morgan fingerprint density at radius 2 is 2.38 bits per heavy atom. The van der Waals surface area contributed by atoms with Gasteiger partial charge in [-0.05, 0) is 44.8 Å². The highest BCUT2D eigenvalue weighted by atomic mass is 79.9. The number of aromatic nitrogens is 4. The Kier molecular flexibility index (Phi) is 4.06. The summed E-state index contributed by atoms with van der Waals surface area (Å²) in [5.74, 6) is 0.676. The second-order valence-electron chi connectivity index (χ2n) is 3.21.